The van der Waals surface area contributed by atoms with E-state index in [0.717, 1.165) is 18.4 Å². The van der Waals surface area contributed by atoms with Crippen LogP contribution in [-0.2, 0) is 4.79 Å². The lowest BCUT2D eigenvalue weighted by Crippen LogP contribution is -2.32. The molecule has 0 aromatic rings. The van der Waals surface area contributed by atoms with Gasteiger partial charge >= 0.3 is 0 Å². The first-order valence-electron chi connectivity index (χ1n) is 6.32. The zero-order chi connectivity index (χ0) is 12.3. The van der Waals surface area contributed by atoms with Gasteiger partial charge in [0.05, 0.1) is 0 Å². The number of ketones is 1. The molecule has 0 bridgehead atoms. The Labute approximate surface area is 99.6 Å². The molecule has 1 heteroatoms. The van der Waals surface area contributed by atoms with Crippen molar-refractivity contribution in [1.29, 1.82) is 0 Å². The Balaban J connectivity index is 3.07. The van der Waals surface area contributed by atoms with Gasteiger partial charge in [0.2, 0.25) is 0 Å². The van der Waals surface area contributed by atoms with Crippen LogP contribution in [0.2, 0.25) is 0 Å². The van der Waals surface area contributed by atoms with E-state index >= 15 is 0 Å². The lowest BCUT2D eigenvalue weighted by Gasteiger charge is -2.39. The van der Waals surface area contributed by atoms with E-state index in [1.165, 1.54) is 12.0 Å². The lowest BCUT2D eigenvalue weighted by molar-refractivity contribution is -0.112. The fourth-order valence-electron chi connectivity index (χ4n) is 2.55. The molecule has 1 atom stereocenters. The summed E-state index contributed by atoms with van der Waals surface area (Å²) < 4.78 is 0. The maximum absolute atomic E-state index is 12.2. The Morgan fingerprint density at radius 2 is 2.12 bits per heavy atom. The lowest BCUT2D eigenvalue weighted by atomic mass is 9.65. The molecule has 0 radical (unpaired) electrons. The van der Waals surface area contributed by atoms with Gasteiger partial charge in [-0.25, -0.2) is 0 Å². The summed E-state index contributed by atoms with van der Waals surface area (Å²) in [6, 6.07) is 0. The summed E-state index contributed by atoms with van der Waals surface area (Å²) in [6.07, 6.45) is 6.91. The largest absolute Gasteiger partial charge is 0.290 e. The second-order valence-corrected chi connectivity index (χ2v) is 5.49. The van der Waals surface area contributed by atoms with Crippen molar-refractivity contribution in [2.75, 3.05) is 0 Å². The minimum atomic E-state index is 0.0253. The number of rotatable bonds is 3. The van der Waals surface area contributed by atoms with E-state index in [1.54, 1.807) is 6.08 Å². The van der Waals surface area contributed by atoms with Crippen molar-refractivity contribution in [3.05, 3.63) is 23.3 Å². The molecule has 0 N–H and O–H groups in total. The van der Waals surface area contributed by atoms with Gasteiger partial charge in [0.15, 0.2) is 5.78 Å². The normalized spacial score (nSPS) is 25.2. The summed E-state index contributed by atoms with van der Waals surface area (Å²) in [5, 5.41) is 0. The quantitative estimate of drug-likeness (QED) is 0.648. The number of hydrogen-bond donors (Lipinski definition) is 0. The van der Waals surface area contributed by atoms with Crippen molar-refractivity contribution < 1.29 is 4.79 Å². The number of carbonyl (C=O) groups excluding carboxylic acids is 1. The van der Waals surface area contributed by atoms with Gasteiger partial charge in [0.1, 0.15) is 0 Å². The van der Waals surface area contributed by atoms with Crippen LogP contribution in [0.4, 0.5) is 0 Å². The molecule has 1 aliphatic carbocycles. The molecule has 90 valence electrons. The van der Waals surface area contributed by atoms with Gasteiger partial charge in [-0.1, -0.05) is 39.3 Å². The Hall–Kier alpha value is -0.850. The highest BCUT2D eigenvalue weighted by molar-refractivity contribution is 6.05. The molecule has 0 spiro atoms. The molecular formula is C15H24O. The molecule has 0 aromatic carbocycles. The van der Waals surface area contributed by atoms with Crippen LogP contribution in [0.25, 0.3) is 0 Å². The molecule has 0 unspecified atom stereocenters. The topological polar surface area (TPSA) is 17.1 Å². The van der Waals surface area contributed by atoms with E-state index in [9.17, 15) is 4.79 Å². The van der Waals surface area contributed by atoms with Gasteiger partial charge in [0.25, 0.3) is 0 Å². The summed E-state index contributed by atoms with van der Waals surface area (Å²) in [4.78, 5) is 12.2. The smallest absolute Gasteiger partial charge is 0.181 e. The van der Waals surface area contributed by atoms with Crippen molar-refractivity contribution in [2.45, 2.75) is 53.9 Å². The first kappa shape index (κ1) is 13.2. The highest BCUT2D eigenvalue weighted by atomic mass is 16.1. The molecule has 0 aliphatic heterocycles. The predicted molar refractivity (Wildman–Crippen MR) is 69.3 cm³/mol. The van der Waals surface area contributed by atoms with Crippen molar-refractivity contribution in [3.63, 3.8) is 0 Å². The van der Waals surface area contributed by atoms with Gasteiger partial charge < -0.3 is 0 Å². The van der Waals surface area contributed by atoms with Crippen LogP contribution in [0.15, 0.2) is 23.3 Å². The number of allylic oxidation sites excluding steroid dienone is 4. The van der Waals surface area contributed by atoms with Gasteiger partial charge in [-0.3, -0.25) is 4.79 Å². The van der Waals surface area contributed by atoms with E-state index in [1.807, 2.05) is 6.08 Å². The molecular weight excluding hydrogens is 196 g/mol. The van der Waals surface area contributed by atoms with Crippen LogP contribution in [0, 0.1) is 11.3 Å². The van der Waals surface area contributed by atoms with Gasteiger partial charge in [-0.15, -0.1) is 0 Å². The molecule has 0 saturated heterocycles. The van der Waals surface area contributed by atoms with Gasteiger partial charge in [-0.05, 0) is 43.6 Å². The van der Waals surface area contributed by atoms with E-state index in [2.05, 4.69) is 34.6 Å². The van der Waals surface area contributed by atoms with Crippen LogP contribution < -0.4 is 0 Å². The highest BCUT2D eigenvalue weighted by Crippen LogP contribution is 2.44. The predicted octanol–water partition coefficient (Wildman–Crippen LogP) is 4.29. The Morgan fingerprint density at radius 1 is 1.50 bits per heavy atom. The van der Waals surface area contributed by atoms with Crippen molar-refractivity contribution in [3.8, 4) is 0 Å². The molecule has 1 rings (SSSR count). The van der Waals surface area contributed by atoms with Crippen LogP contribution >= 0.6 is 0 Å². The summed E-state index contributed by atoms with van der Waals surface area (Å²) >= 11 is 0. The third kappa shape index (κ3) is 2.45. The number of carbonyl (C=O) groups is 1. The Kier molecular flexibility index (Phi) is 4.12. The zero-order valence-electron chi connectivity index (χ0n) is 11.3. The van der Waals surface area contributed by atoms with Crippen LogP contribution in [0.3, 0.4) is 0 Å². The molecule has 0 amide bonds. The van der Waals surface area contributed by atoms with E-state index < -0.39 is 0 Å². The SMILES string of the molecule is CC/C=C/C(=O)C1=C(C)CC[C@H](C)C1(C)C. The van der Waals surface area contributed by atoms with E-state index in [0.29, 0.717) is 5.92 Å². The Morgan fingerprint density at radius 3 is 2.69 bits per heavy atom. The molecule has 0 saturated carbocycles. The van der Waals surface area contributed by atoms with Crippen molar-refractivity contribution >= 4 is 5.78 Å². The average molecular weight is 220 g/mol. The van der Waals surface area contributed by atoms with E-state index in [4.69, 9.17) is 0 Å². The Bertz CT molecular complexity index is 331. The third-order valence-electron chi connectivity index (χ3n) is 4.01. The fourth-order valence-corrected chi connectivity index (χ4v) is 2.55. The highest BCUT2D eigenvalue weighted by Gasteiger charge is 2.37. The third-order valence-corrected chi connectivity index (χ3v) is 4.01. The maximum Gasteiger partial charge on any atom is 0.181 e. The fraction of sp³-hybridized carbons (Fsp3) is 0.667. The standard InChI is InChI=1S/C15H24O/c1-6-7-8-13(16)14-11(2)9-10-12(3)15(14,4)5/h7-8,12H,6,9-10H2,1-5H3/b8-7+/t12-/m0/s1. The molecule has 1 aliphatic rings. The maximum atomic E-state index is 12.2. The second kappa shape index (κ2) is 4.99. The molecule has 0 heterocycles. The summed E-state index contributed by atoms with van der Waals surface area (Å²) in [6.45, 7) is 10.8. The summed E-state index contributed by atoms with van der Waals surface area (Å²) in [5.41, 5.74) is 2.36. The van der Waals surface area contributed by atoms with Gasteiger partial charge in [0, 0.05) is 5.57 Å². The van der Waals surface area contributed by atoms with Crippen LogP contribution in [0.1, 0.15) is 53.9 Å². The average Bonchev–Trinajstić information content (AvgIpc) is 2.21. The second-order valence-electron chi connectivity index (χ2n) is 5.49. The van der Waals surface area contributed by atoms with Gasteiger partial charge in [-0.2, -0.15) is 0 Å². The summed E-state index contributed by atoms with van der Waals surface area (Å²) in [5.74, 6) is 0.807. The first-order chi connectivity index (χ1) is 7.41. The zero-order valence-corrected chi connectivity index (χ0v) is 11.3. The molecule has 0 fully saturated rings. The van der Waals surface area contributed by atoms with Crippen LogP contribution in [-0.4, -0.2) is 5.78 Å². The van der Waals surface area contributed by atoms with E-state index in [-0.39, 0.29) is 11.2 Å². The molecule has 1 nitrogen and oxygen atoms in total. The minimum absolute atomic E-state index is 0.0253. The minimum Gasteiger partial charge on any atom is -0.290 e. The summed E-state index contributed by atoms with van der Waals surface area (Å²) in [7, 11) is 0. The van der Waals surface area contributed by atoms with Crippen molar-refractivity contribution in [1.82, 2.24) is 0 Å². The number of hydrogen-bond acceptors (Lipinski definition) is 1. The van der Waals surface area contributed by atoms with Crippen molar-refractivity contribution in [2.24, 2.45) is 11.3 Å². The van der Waals surface area contributed by atoms with Crippen LogP contribution in [0.5, 0.6) is 0 Å². The monoisotopic (exact) mass is 220 g/mol. The molecule has 0 aromatic heterocycles. The first-order valence-corrected chi connectivity index (χ1v) is 6.32. The molecule has 16 heavy (non-hydrogen) atoms.